The van der Waals surface area contributed by atoms with Crippen molar-refractivity contribution in [3.8, 4) is 0 Å². The van der Waals surface area contributed by atoms with E-state index in [4.69, 9.17) is 0 Å². The summed E-state index contributed by atoms with van der Waals surface area (Å²) < 4.78 is 1.64. The van der Waals surface area contributed by atoms with E-state index >= 15 is 0 Å². The quantitative estimate of drug-likeness (QED) is 0.290. The van der Waals surface area contributed by atoms with Crippen LogP contribution in [0.1, 0.15) is 19.4 Å². The minimum absolute atomic E-state index is 0.118. The maximum atomic E-state index is 12.6. The predicted octanol–water partition coefficient (Wildman–Crippen LogP) is 6.06. The first-order valence-corrected chi connectivity index (χ1v) is 12.9. The van der Waals surface area contributed by atoms with Gasteiger partial charge in [0.15, 0.2) is 8.68 Å². The number of carbonyl (C=O) groups is 2. The summed E-state index contributed by atoms with van der Waals surface area (Å²) in [5, 5.41) is 16.3. The second kappa shape index (κ2) is 10.8. The van der Waals surface area contributed by atoms with Crippen LogP contribution in [0, 0.1) is 0 Å². The molecule has 0 aliphatic rings. The predicted molar refractivity (Wildman–Crippen MR) is 138 cm³/mol. The number of anilines is 2. The molecule has 0 aliphatic carbocycles. The summed E-state index contributed by atoms with van der Waals surface area (Å²) in [4.78, 5) is 23.7. The number of carbonyl (C=O) groups excluding carboxylic acids is 2. The molecule has 0 radical (unpaired) electrons. The summed E-state index contributed by atoms with van der Waals surface area (Å²) in [6.45, 7) is 3.30. The van der Waals surface area contributed by atoms with Crippen molar-refractivity contribution in [3.63, 3.8) is 0 Å². The molecule has 4 rings (SSSR count). The van der Waals surface area contributed by atoms with Crippen LogP contribution >= 0.6 is 34.9 Å². The van der Waals surface area contributed by atoms with Crippen LogP contribution in [0.2, 0.25) is 0 Å². The van der Waals surface area contributed by atoms with Crippen molar-refractivity contribution in [1.82, 2.24) is 10.2 Å². The van der Waals surface area contributed by atoms with Crippen molar-refractivity contribution in [2.45, 2.75) is 33.5 Å². The minimum atomic E-state index is -0.330. The van der Waals surface area contributed by atoms with Crippen LogP contribution < -0.4 is 10.6 Å². The molecule has 0 spiro atoms. The number of rotatable bonds is 8. The molecule has 9 heteroatoms. The Kier molecular flexibility index (Phi) is 7.64. The zero-order valence-corrected chi connectivity index (χ0v) is 20.5. The van der Waals surface area contributed by atoms with Gasteiger partial charge in [-0.2, -0.15) is 0 Å². The number of hydrogen-bond acceptors (Lipinski definition) is 7. The van der Waals surface area contributed by atoms with Crippen LogP contribution in [0.5, 0.6) is 0 Å². The van der Waals surface area contributed by atoms with Gasteiger partial charge in [0.1, 0.15) is 0 Å². The molecule has 2 amide bonds. The number of fused-ring (bicyclic) bond motifs is 1. The highest BCUT2D eigenvalue weighted by molar-refractivity contribution is 8.03. The number of amides is 2. The monoisotopic (exact) mass is 494 g/mol. The number of aromatic nitrogens is 2. The summed E-state index contributed by atoms with van der Waals surface area (Å²) >= 11 is 4.54. The molecule has 168 valence electrons. The van der Waals surface area contributed by atoms with Gasteiger partial charge in [0.25, 0.3) is 0 Å². The first-order chi connectivity index (χ1) is 16.0. The van der Waals surface area contributed by atoms with Gasteiger partial charge < -0.3 is 10.6 Å². The van der Waals surface area contributed by atoms with Crippen LogP contribution in [0.25, 0.3) is 10.8 Å². The zero-order chi connectivity index (χ0) is 23.2. The van der Waals surface area contributed by atoms with Gasteiger partial charge in [-0.15, -0.1) is 10.2 Å². The number of hydrogen-bond donors (Lipinski definition) is 2. The molecule has 1 heterocycles. The summed E-state index contributed by atoms with van der Waals surface area (Å²) in [5.74, 6) is 0.557. The molecule has 1 aromatic heterocycles. The molecule has 3 aromatic carbocycles. The lowest BCUT2D eigenvalue weighted by atomic mass is 10.1. The Morgan fingerprint density at radius 2 is 1.58 bits per heavy atom. The zero-order valence-electron chi connectivity index (χ0n) is 18.1. The third-order valence-electron chi connectivity index (χ3n) is 4.74. The van der Waals surface area contributed by atoms with Crippen molar-refractivity contribution >= 4 is 68.8 Å². The van der Waals surface area contributed by atoms with Gasteiger partial charge >= 0.3 is 0 Å². The van der Waals surface area contributed by atoms with E-state index in [1.807, 2.05) is 13.0 Å². The number of benzene rings is 3. The Morgan fingerprint density at radius 1 is 0.909 bits per heavy atom. The SMILES string of the molecule is CC(=O)Nc1ccc(NC(=O)C(C)Sc2nnc(SCc3cccc4ccccc34)s2)cc1. The van der Waals surface area contributed by atoms with Crippen LogP contribution in [0.4, 0.5) is 11.4 Å². The van der Waals surface area contributed by atoms with Gasteiger partial charge in [0, 0.05) is 24.1 Å². The molecule has 0 bridgehead atoms. The fraction of sp³-hybridized carbons (Fsp3) is 0.167. The standard InChI is InChI=1S/C24H22N4O2S3/c1-15(22(30)26-20-12-10-19(11-13-20)25-16(2)29)32-24-28-27-23(33-24)31-14-18-8-5-7-17-6-3-4-9-21(17)18/h3-13,15H,14H2,1-2H3,(H,25,29)(H,26,30). The third-order valence-corrected chi connectivity index (χ3v) is 8.03. The summed E-state index contributed by atoms with van der Waals surface area (Å²) in [5.41, 5.74) is 2.62. The molecule has 0 saturated heterocycles. The minimum Gasteiger partial charge on any atom is -0.326 e. The molecule has 1 atom stereocenters. The van der Waals surface area contributed by atoms with E-state index in [1.165, 1.54) is 46.4 Å². The van der Waals surface area contributed by atoms with Crippen molar-refractivity contribution in [1.29, 1.82) is 0 Å². The van der Waals surface area contributed by atoms with Gasteiger partial charge in [-0.25, -0.2) is 0 Å². The van der Waals surface area contributed by atoms with E-state index in [1.54, 1.807) is 36.0 Å². The van der Waals surface area contributed by atoms with Crippen LogP contribution in [-0.2, 0) is 15.3 Å². The highest BCUT2D eigenvalue weighted by Crippen LogP contribution is 2.34. The Morgan fingerprint density at radius 3 is 2.33 bits per heavy atom. The number of thioether (sulfide) groups is 2. The van der Waals surface area contributed by atoms with Gasteiger partial charge in [-0.1, -0.05) is 77.3 Å². The topological polar surface area (TPSA) is 84.0 Å². The van der Waals surface area contributed by atoms with E-state index in [0.717, 1.165) is 14.4 Å². The average Bonchev–Trinajstić information content (AvgIpc) is 3.25. The molecule has 0 aliphatic heterocycles. The molecule has 0 fully saturated rings. The van der Waals surface area contributed by atoms with E-state index in [-0.39, 0.29) is 17.1 Å². The van der Waals surface area contributed by atoms with Gasteiger partial charge in [0.2, 0.25) is 11.8 Å². The van der Waals surface area contributed by atoms with E-state index in [0.29, 0.717) is 11.4 Å². The lowest BCUT2D eigenvalue weighted by Gasteiger charge is -2.11. The average molecular weight is 495 g/mol. The molecule has 4 aromatic rings. The smallest absolute Gasteiger partial charge is 0.237 e. The second-order valence-corrected chi connectivity index (χ2v) is 11.1. The molecular weight excluding hydrogens is 472 g/mol. The van der Waals surface area contributed by atoms with Crippen molar-refractivity contribution < 1.29 is 9.59 Å². The van der Waals surface area contributed by atoms with Crippen molar-refractivity contribution in [3.05, 3.63) is 72.3 Å². The van der Waals surface area contributed by atoms with Gasteiger partial charge in [-0.3, -0.25) is 9.59 Å². The molecule has 0 saturated carbocycles. The normalized spacial score (nSPS) is 11.8. The van der Waals surface area contributed by atoms with Gasteiger partial charge in [0.05, 0.1) is 5.25 Å². The fourth-order valence-electron chi connectivity index (χ4n) is 3.15. The largest absolute Gasteiger partial charge is 0.326 e. The first-order valence-electron chi connectivity index (χ1n) is 10.3. The van der Waals surface area contributed by atoms with E-state index in [2.05, 4.69) is 57.2 Å². The number of nitrogens with one attached hydrogen (secondary N) is 2. The summed E-state index contributed by atoms with van der Waals surface area (Å²) in [7, 11) is 0. The third kappa shape index (κ3) is 6.34. The second-order valence-electron chi connectivity index (χ2n) is 7.27. The van der Waals surface area contributed by atoms with Crippen LogP contribution in [0.15, 0.2) is 75.4 Å². The molecule has 2 N–H and O–H groups in total. The van der Waals surface area contributed by atoms with Gasteiger partial charge in [-0.05, 0) is 47.5 Å². The maximum Gasteiger partial charge on any atom is 0.237 e. The molecule has 6 nitrogen and oxygen atoms in total. The van der Waals surface area contributed by atoms with Crippen LogP contribution in [0.3, 0.4) is 0 Å². The molecule has 1 unspecified atom stereocenters. The summed E-state index contributed by atoms with van der Waals surface area (Å²) in [6.07, 6.45) is 0. The highest BCUT2D eigenvalue weighted by Gasteiger charge is 2.18. The number of nitrogens with zero attached hydrogens (tertiary/aromatic N) is 2. The maximum absolute atomic E-state index is 12.6. The Bertz CT molecular complexity index is 1270. The highest BCUT2D eigenvalue weighted by atomic mass is 32.2. The van der Waals surface area contributed by atoms with Crippen LogP contribution in [-0.4, -0.2) is 27.3 Å². The Balaban J connectivity index is 1.31. The fourth-order valence-corrected chi connectivity index (χ4v) is 6.32. The molecular formula is C24H22N4O2S3. The Hall–Kier alpha value is -2.88. The first kappa shape index (κ1) is 23.3. The van der Waals surface area contributed by atoms with Crippen molar-refractivity contribution in [2.24, 2.45) is 0 Å². The lowest BCUT2D eigenvalue weighted by Crippen LogP contribution is -2.22. The van der Waals surface area contributed by atoms with Crippen molar-refractivity contribution in [2.75, 3.05) is 10.6 Å². The Labute approximate surface area is 204 Å². The molecule has 33 heavy (non-hydrogen) atoms. The summed E-state index contributed by atoms with van der Waals surface area (Å²) in [6, 6.07) is 21.7. The lowest BCUT2D eigenvalue weighted by molar-refractivity contribution is -0.115. The van der Waals surface area contributed by atoms with E-state index in [9.17, 15) is 9.59 Å². The van der Waals surface area contributed by atoms with E-state index < -0.39 is 0 Å².